The van der Waals surface area contributed by atoms with E-state index >= 15 is 0 Å². The number of nitrogens with zero attached hydrogens (tertiary/aromatic N) is 2. The summed E-state index contributed by atoms with van der Waals surface area (Å²) in [6.07, 6.45) is 16.1. The fraction of sp³-hybridized carbons (Fsp3) is 0.623. The number of carbonyl (C=O) groups excluding carboxylic acids is 1. The van der Waals surface area contributed by atoms with Gasteiger partial charge in [-0.15, -0.1) is 0 Å². The number of amides is 2. The Morgan fingerprint density at radius 1 is 0.738 bits per heavy atom. The Balaban J connectivity index is 1.56. The molecule has 0 aromatic heterocycles. The predicted octanol–water partition coefficient (Wildman–Crippen LogP) is 12.5. The lowest BCUT2D eigenvalue weighted by Crippen LogP contribution is -2.48. The second-order valence-electron chi connectivity index (χ2n) is 17.9. The average molecular weight is 917 g/mol. The summed E-state index contributed by atoms with van der Waals surface area (Å²) in [4.78, 5) is 17.2. The topological polar surface area (TPSA) is 104 Å². The minimum absolute atomic E-state index is 0.104. The molecule has 1 saturated carbocycles. The van der Waals surface area contributed by atoms with Gasteiger partial charge in [-0.3, -0.25) is 0 Å². The van der Waals surface area contributed by atoms with Crippen LogP contribution in [0.2, 0.25) is 0 Å². The second kappa shape index (κ2) is 29.8. The number of carbonyl (C=O) groups is 1. The molecule has 0 spiro atoms. The van der Waals surface area contributed by atoms with Gasteiger partial charge in [0.05, 0.1) is 33.0 Å². The molecule has 0 radical (unpaired) electrons. The maximum atomic E-state index is 13.6. The summed E-state index contributed by atoms with van der Waals surface area (Å²) < 4.78 is 40.8. The van der Waals surface area contributed by atoms with Crippen molar-refractivity contribution in [2.45, 2.75) is 160 Å². The molecule has 11 nitrogen and oxygen atoms in total. The van der Waals surface area contributed by atoms with Gasteiger partial charge in [0.1, 0.15) is 29.8 Å². The van der Waals surface area contributed by atoms with Crippen LogP contribution in [0.25, 0.3) is 4.85 Å². The van der Waals surface area contributed by atoms with Crippen molar-refractivity contribution in [3.05, 3.63) is 107 Å². The number of nitrogens with one attached hydrogen (secondary N) is 2. The molecule has 0 bridgehead atoms. The van der Waals surface area contributed by atoms with Gasteiger partial charge in [-0.05, 0) is 81.5 Å². The summed E-state index contributed by atoms with van der Waals surface area (Å²) in [5.74, 6) is 1.25. The van der Waals surface area contributed by atoms with Crippen molar-refractivity contribution in [3.8, 4) is 11.5 Å². The quantitative estimate of drug-likeness (QED) is 0.0276. The van der Waals surface area contributed by atoms with Crippen molar-refractivity contribution in [1.82, 2.24) is 15.3 Å². The highest BCUT2D eigenvalue weighted by Gasteiger charge is 2.49. The number of hydrogen-bond acceptors (Lipinski definition) is 8. The lowest BCUT2D eigenvalue weighted by atomic mass is 9.79. The first-order chi connectivity index (χ1) is 31.6. The number of benzene rings is 3. The Kier molecular flexibility index (Phi) is 24.7. The third kappa shape index (κ3) is 16.5. The molecule has 4 rings (SSSR count). The van der Waals surface area contributed by atoms with Gasteiger partial charge in [0, 0.05) is 31.7 Å². The van der Waals surface area contributed by atoms with Crippen molar-refractivity contribution in [3.63, 3.8) is 0 Å². The number of ether oxygens (including phenoxy) is 4. The Morgan fingerprint density at radius 2 is 1.25 bits per heavy atom. The summed E-state index contributed by atoms with van der Waals surface area (Å²) in [7, 11) is 3.37. The molecule has 5 atom stereocenters. The Bertz CT molecular complexity index is 1720. The fourth-order valence-electron chi connectivity index (χ4n) is 9.10. The molecular formula is C53H81N4O7P. The van der Waals surface area contributed by atoms with E-state index in [0.29, 0.717) is 13.0 Å². The van der Waals surface area contributed by atoms with Crippen molar-refractivity contribution in [2.24, 2.45) is 5.92 Å². The summed E-state index contributed by atoms with van der Waals surface area (Å²) in [5, 5.41) is 6.41. The Labute approximate surface area is 393 Å². The molecule has 12 heteroatoms. The van der Waals surface area contributed by atoms with Crippen LogP contribution in [-0.2, 0) is 24.1 Å². The first-order valence-corrected chi connectivity index (χ1v) is 25.5. The molecule has 65 heavy (non-hydrogen) atoms. The zero-order valence-corrected chi connectivity index (χ0v) is 41.8. The molecule has 2 amide bonds. The molecule has 0 saturated heterocycles. The van der Waals surface area contributed by atoms with Crippen molar-refractivity contribution < 1.29 is 32.8 Å². The van der Waals surface area contributed by atoms with Crippen LogP contribution in [-0.4, -0.2) is 88.7 Å². The zero-order chi connectivity index (χ0) is 46.9. The van der Waals surface area contributed by atoms with Crippen LogP contribution in [0.1, 0.15) is 141 Å². The first-order valence-electron chi connectivity index (χ1n) is 24.4. The minimum Gasteiger partial charge on any atom is -0.497 e. The number of urea groups is 1. The van der Waals surface area contributed by atoms with Gasteiger partial charge in [-0.1, -0.05) is 139 Å². The molecule has 1 fully saturated rings. The zero-order valence-electron chi connectivity index (χ0n) is 40.9. The molecular weight excluding hydrogens is 836 g/mol. The molecule has 360 valence electrons. The van der Waals surface area contributed by atoms with Crippen LogP contribution in [0.15, 0.2) is 78.9 Å². The van der Waals surface area contributed by atoms with Crippen LogP contribution in [0.3, 0.4) is 0 Å². The van der Waals surface area contributed by atoms with Crippen LogP contribution in [0, 0.1) is 12.5 Å². The highest BCUT2D eigenvalue weighted by molar-refractivity contribution is 7.44. The lowest BCUT2D eigenvalue weighted by Gasteiger charge is -2.40. The minimum atomic E-state index is -1.63. The smallest absolute Gasteiger partial charge is 0.315 e. The number of rotatable bonds is 32. The monoisotopic (exact) mass is 917 g/mol. The van der Waals surface area contributed by atoms with E-state index in [4.69, 9.17) is 34.6 Å². The van der Waals surface area contributed by atoms with Crippen LogP contribution < -0.4 is 20.1 Å². The molecule has 2 N–H and O–H groups in total. The molecule has 3 aromatic rings. The van der Waals surface area contributed by atoms with Gasteiger partial charge in [-0.25, -0.2) is 16.0 Å². The Hall–Kier alpha value is -3.75. The van der Waals surface area contributed by atoms with E-state index in [1.54, 1.807) is 21.3 Å². The largest absolute Gasteiger partial charge is 0.497 e. The van der Waals surface area contributed by atoms with Crippen LogP contribution in [0.4, 0.5) is 4.79 Å². The van der Waals surface area contributed by atoms with Crippen molar-refractivity contribution in [1.29, 1.82) is 0 Å². The molecule has 2 unspecified atom stereocenters. The van der Waals surface area contributed by atoms with E-state index in [0.717, 1.165) is 41.0 Å². The molecule has 0 aliphatic heterocycles. The van der Waals surface area contributed by atoms with Crippen molar-refractivity contribution in [2.75, 3.05) is 47.6 Å². The molecule has 1 aliphatic carbocycles. The van der Waals surface area contributed by atoms with E-state index < -0.39 is 26.3 Å². The third-order valence-corrected chi connectivity index (χ3v) is 14.6. The van der Waals surface area contributed by atoms with Crippen LogP contribution in [0.5, 0.6) is 11.5 Å². The fourth-order valence-corrected chi connectivity index (χ4v) is 10.9. The molecule has 1 aliphatic rings. The summed E-state index contributed by atoms with van der Waals surface area (Å²) in [6, 6.07) is 25.9. The van der Waals surface area contributed by atoms with Gasteiger partial charge in [-0.2, -0.15) is 0 Å². The van der Waals surface area contributed by atoms with E-state index in [1.807, 2.05) is 42.5 Å². The lowest BCUT2D eigenvalue weighted by molar-refractivity contribution is -0.0526. The molecule has 0 heterocycles. The standard InChI is InChI=1S/C53H81N4O7P/c1-10-11-12-13-14-15-16-17-18-19-20-21-25-36-55-52(58)56-49-39-43(50(51(49)61-9)64-65(63-38-37-54-6)57(41(2)3)42(4)5)40-62-53(44-26-23-22-24-27-44,45-28-32-47(59-7)33-29-45)46-30-34-48(60-8)35-31-46/h22-24,26-35,41-43,49-51H,10-21,25,36-40H2,1-5,7-9H3,(H2,55,56,58)/t43-,49+,50?,51-,65?/m1/s1. The van der Waals surface area contributed by atoms with E-state index in [2.05, 4.69) is 91.2 Å². The second-order valence-corrected chi connectivity index (χ2v) is 19.3. The van der Waals surface area contributed by atoms with E-state index in [9.17, 15) is 4.79 Å². The average Bonchev–Trinajstić information content (AvgIpc) is 3.64. The predicted molar refractivity (Wildman–Crippen MR) is 265 cm³/mol. The Morgan fingerprint density at radius 3 is 1.72 bits per heavy atom. The highest BCUT2D eigenvalue weighted by atomic mass is 31.2. The maximum absolute atomic E-state index is 13.6. The van der Waals surface area contributed by atoms with Gasteiger partial charge < -0.3 is 43.5 Å². The van der Waals surface area contributed by atoms with Gasteiger partial charge in [0.25, 0.3) is 8.53 Å². The number of unbranched alkanes of at least 4 members (excludes halogenated alkanes) is 12. The summed E-state index contributed by atoms with van der Waals surface area (Å²) >= 11 is 0. The number of methoxy groups -OCH3 is 3. The maximum Gasteiger partial charge on any atom is 0.315 e. The van der Waals surface area contributed by atoms with E-state index in [1.165, 1.54) is 70.6 Å². The van der Waals surface area contributed by atoms with E-state index in [-0.39, 0.29) is 49.8 Å². The SMILES string of the molecule is [C-]#[N+]CCOP(OC1[C@@H](COC(c2ccccc2)(c2ccc(OC)cc2)c2ccc(OC)cc2)C[C@H](NC(=O)NCCCCCCCCCCCCCCC)[C@H]1OC)N(C(C)C)C(C)C. The van der Waals surface area contributed by atoms with Crippen molar-refractivity contribution >= 4 is 14.6 Å². The summed E-state index contributed by atoms with van der Waals surface area (Å²) in [5.41, 5.74) is 1.74. The third-order valence-electron chi connectivity index (χ3n) is 12.4. The highest BCUT2D eigenvalue weighted by Crippen LogP contribution is 2.51. The first kappa shape index (κ1) is 53.9. The number of hydrogen-bond donors (Lipinski definition) is 2. The van der Waals surface area contributed by atoms with Crippen LogP contribution >= 0.6 is 8.53 Å². The normalized spacial score (nSPS) is 17.9. The summed E-state index contributed by atoms with van der Waals surface area (Å²) in [6.45, 7) is 19.6. The van der Waals surface area contributed by atoms with Gasteiger partial charge in [0.2, 0.25) is 6.54 Å². The van der Waals surface area contributed by atoms with Gasteiger partial charge in [0.15, 0.2) is 0 Å². The molecule has 3 aromatic carbocycles. The van der Waals surface area contributed by atoms with Gasteiger partial charge >= 0.3 is 6.03 Å².